The molecule has 1 saturated carbocycles. The van der Waals surface area contributed by atoms with Crippen LogP contribution in [0.4, 0.5) is 17.3 Å². The predicted octanol–water partition coefficient (Wildman–Crippen LogP) is 2.33. The molecule has 0 radical (unpaired) electrons. The Hall–Kier alpha value is -3.44. The summed E-state index contributed by atoms with van der Waals surface area (Å²) in [5, 5.41) is 13.7. The predicted molar refractivity (Wildman–Crippen MR) is 132 cm³/mol. The first kappa shape index (κ1) is 23.3. The molecule has 11 heteroatoms. The summed E-state index contributed by atoms with van der Waals surface area (Å²) in [7, 11) is 3.47. The zero-order valence-corrected chi connectivity index (χ0v) is 20.0. The highest BCUT2D eigenvalue weighted by Gasteiger charge is 2.27. The number of amides is 1. The molecule has 1 aliphatic carbocycles. The van der Waals surface area contributed by atoms with Gasteiger partial charge < -0.3 is 30.0 Å². The highest BCUT2D eigenvalue weighted by molar-refractivity contribution is 6.00. The van der Waals surface area contributed by atoms with Gasteiger partial charge in [0.2, 0.25) is 0 Å². The Labute approximate surface area is 202 Å². The molecule has 0 unspecified atom stereocenters. The number of methoxy groups -OCH3 is 1. The van der Waals surface area contributed by atoms with Crippen LogP contribution in [0.2, 0.25) is 0 Å². The molecule has 2 aliphatic rings. The van der Waals surface area contributed by atoms with Gasteiger partial charge in [0.1, 0.15) is 22.9 Å². The van der Waals surface area contributed by atoms with Gasteiger partial charge in [-0.3, -0.25) is 9.59 Å². The average Bonchev–Trinajstić information content (AvgIpc) is 3.52. The summed E-state index contributed by atoms with van der Waals surface area (Å²) in [4.78, 5) is 30.9. The van der Waals surface area contributed by atoms with Gasteiger partial charge in [-0.05, 0) is 44.2 Å². The lowest BCUT2D eigenvalue weighted by Crippen LogP contribution is -2.33. The fourth-order valence-electron chi connectivity index (χ4n) is 4.91. The number of fused-ring (bicyclic) bond motifs is 1. The first-order chi connectivity index (χ1) is 17.1. The highest BCUT2D eigenvalue weighted by Crippen LogP contribution is 2.24. The van der Waals surface area contributed by atoms with E-state index in [1.165, 1.54) is 6.20 Å². The van der Waals surface area contributed by atoms with E-state index >= 15 is 0 Å². The molecule has 2 atom stereocenters. The van der Waals surface area contributed by atoms with Gasteiger partial charge in [-0.25, -0.2) is 4.98 Å². The number of nitrogens with zero attached hydrogens (tertiary/aromatic N) is 4. The van der Waals surface area contributed by atoms with Crippen molar-refractivity contribution in [1.29, 1.82) is 0 Å². The van der Waals surface area contributed by atoms with Crippen molar-refractivity contribution >= 4 is 28.9 Å². The molecule has 0 aromatic carbocycles. The summed E-state index contributed by atoms with van der Waals surface area (Å²) in [5.74, 6) is 0.853. The maximum Gasteiger partial charge on any atom is 0.274 e. The number of aromatic nitrogens is 4. The lowest BCUT2D eigenvalue weighted by molar-refractivity contribution is 0.0687. The van der Waals surface area contributed by atoms with Crippen LogP contribution in [0.15, 0.2) is 35.4 Å². The standard InChI is InChI=1S/C24H31N7O4/c1-25-21-13-20(28-19-4-3-9-30(24(19)33)16-7-10-35-11-8-16)29-22-18(14-26-31(21)22)23(32)27-15-5-6-17(12-15)34-2/h3-4,9,13-17,25H,5-8,10-12H2,1-2H3,(H,27,32)(H,28,29)/t15-,17-/m1/s1. The van der Waals surface area contributed by atoms with Gasteiger partial charge in [-0.1, -0.05) is 0 Å². The van der Waals surface area contributed by atoms with E-state index < -0.39 is 0 Å². The minimum absolute atomic E-state index is 0.0560. The molecule has 1 saturated heterocycles. The SMILES string of the molecule is CNc1cc(Nc2cccn(C3CCOCC3)c2=O)nc2c(C(=O)N[C@@H]3CC[C@@H](OC)C3)cnn12. The molecule has 35 heavy (non-hydrogen) atoms. The largest absolute Gasteiger partial charge is 0.381 e. The Kier molecular flexibility index (Phi) is 6.69. The van der Waals surface area contributed by atoms with Crippen molar-refractivity contribution in [2.75, 3.05) is 38.0 Å². The molecule has 3 aromatic heterocycles. The maximum atomic E-state index is 13.2. The molecule has 2 fully saturated rings. The number of anilines is 3. The van der Waals surface area contributed by atoms with Gasteiger partial charge >= 0.3 is 0 Å². The van der Waals surface area contributed by atoms with Crippen LogP contribution in [-0.4, -0.2) is 64.6 Å². The first-order valence-electron chi connectivity index (χ1n) is 12.0. The normalized spacial score (nSPS) is 20.7. The Morgan fingerprint density at radius 1 is 1.23 bits per heavy atom. The molecule has 3 N–H and O–H groups in total. The summed E-state index contributed by atoms with van der Waals surface area (Å²) in [5.41, 5.74) is 1.07. The van der Waals surface area contributed by atoms with Crippen LogP contribution >= 0.6 is 0 Å². The number of rotatable bonds is 7. The Morgan fingerprint density at radius 3 is 2.80 bits per heavy atom. The van der Waals surface area contributed by atoms with E-state index in [4.69, 9.17) is 9.47 Å². The van der Waals surface area contributed by atoms with Crippen LogP contribution in [0.1, 0.15) is 48.5 Å². The van der Waals surface area contributed by atoms with Crippen LogP contribution in [0.3, 0.4) is 0 Å². The van der Waals surface area contributed by atoms with E-state index in [2.05, 4.69) is 26.0 Å². The lowest BCUT2D eigenvalue weighted by Gasteiger charge is -2.24. The minimum Gasteiger partial charge on any atom is -0.381 e. The molecule has 1 amide bonds. The van der Waals surface area contributed by atoms with Gasteiger partial charge in [-0.15, -0.1) is 0 Å². The Morgan fingerprint density at radius 2 is 2.06 bits per heavy atom. The van der Waals surface area contributed by atoms with Gasteiger partial charge in [0.05, 0.1) is 12.3 Å². The number of hydrogen-bond donors (Lipinski definition) is 3. The second-order valence-corrected chi connectivity index (χ2v) is 9.01. The maximum absolute atomic E-state index is 13.2. The molecular weight excluding hydrogens is 450 g/mol. The summed E-state index contributed by atoms with van der Waals surface area (Å²) < 4.78 is 14.2. The Balaban J connectivity index is 1.42. The van der Waals surface area contributed by atoms with Crippen molar-refractivity contribution in [3.63, 3.8) is 0 Å². The number of carbonyl (C=O) groups excluding carboxylic acids is 1. The second-order valence-electron chi connectivity index (χ2n) is 9.01. The van der Waals surface area contributed by atoms with Crippen molar-refractivity contribution in [1.82, 2.24) is 24.5 Å². The fourth-order valence-corrected chi connectivity index (χ4v) is 4.91. The van der Waals surface area contributed by atoms with Gasteiger partial charge in [-0.2, -0.15) is 9.61 Å². The molecule has 11 nitrogen and oxygen atoms in total. The Bertz CT molecular complexity index is 1260. The monoisotopic (exact) mass is 481 g/mol. The number of carbonyl (C=O) groups is 1. The van der Waals surface area contributed by atoms with Crippen LogP contribution in [0, 0.1) is 0 Å². The van der Waals surface area contributed by atoms with E-state index in [-0.39, 0.29) is 29.7 Å². The quantitative estimate of drug-likeness (QED) is 0.470. The van der Waals surface area contributed by atoms with Crippen molar-refractivity contribution in [2.45, 2.75) is 50.3 Å². The molecule has 4 heterocycles. The van der Waals surface area contributed by atoms with E-state index in [0.29, 0.717) is 41.7 Å². The smallest absolute Gasteiger partial charge is 0.274 e. The third-order valence-electron chi connectivity index (χ3n) is 6.85. The lowest BCUT2D eigenvalue weighted by atomic mass is 10.1. The van der Waals surface area contributed by atoms with Gasteiger partial charge in [0, 0.05) is 51.7 Å². The zero-order valence-electron chi connectivity index (χ0n) is 20.0. The van der Waals surface area contributed by atoms with E-state index in [1.54, 1.807) is 35.4 Å². The topological polar surface area (TPSA) is 124 Å². The summed E-state index contributed by atoms with van der Waals surface area (Å²) in [6.45, 7) is 1.30. The summed E-state index contributed by atoms with van der Waals surface area (Å²) in [6.07, 6.45) is 7.70. The van der Waals surface area contributed by atoms with Crippen molar-refractivity contribution in [2.24, 2.45) is 0 Å². The second kappa shape index (κ2) is 10.0. The molecule has 3 aromatic rings. The molecule has 1 aliphatic heterocycles. The third kappa shape index (κ3) is 4.73. The minimum atomic E-state index is -0.227. The molecular formula is C24H31N7O4. The van der Waals surface area contributed by atoms with Crippen LogP contribution < -0.4 is 21.5 Å². The van der Waals surface area contributed by atoms with Crippen molar-refractivity contribution < 1.29 is 14.3 Å². The molecule has 0 spiro atoms. The highest BCUT2D eigenvalue weighted by atomic mass is 16.5. The summed E-state index contributed by atoms with van der Waals surface area (Å²) in [6, 6.07) is 5.51. The molecule has 5 rings (SSSR count). The first-order valence-corrected chi connectivity index (χ1v) is 12.0. The summed E-state index contributed by atoms with van der Waals surface area (Å²) >= 11 is 0. The molecule has 186 valence electrons. The molecule has 0 bridgehead atoms. The number of ether oxygens (including phenoxy) is 2. The van der Waals surface area contributed by atoms with Gasteiger partial charge in [0.15, 0.2) is 5.65 Å². The van der Waals surface area contributed by atoms with Crippen LogP contribution in [-0.2, 0) is 9.47 Å². The van der Waals surface area contributed by atoms with Gasteiger partial charge in [0.25, 0.3) is 11.5 Å². The van der Waals surface area contributed by atoms with Crippen LogP contribution in [0.25, 0.3) is 5.65 Å². The van der Waals surface area contributed by atoms with E-state index in [0.717, 1.165) is 32.1 Å². The zero-order chi connectivity index (χ0) is 24.4. The fraction of sp³-hybridized carbons (Fsp3) is 0.500. The average molecular weight is 482 g/mol. The van der Waals surface area contributed by atoms with Crippen molar-refractivity contribution in [3.8, 4) is 0 Å². The number of hydrogen-bond acceptors (Lipinski definition) is 8. The number of pyridine rings is 1. The van der Waals surface area contributed by atoms with E-state index in [9.17, 15) is 9.59 Å². The number of nitrogens with one attached hydrogen (secondary N) is 3. The van der Waals surface area contributed by atoms with Crippen LogP contribution in [0.5, 0.6) is 0 Å². The van der Waals surface area contributed by atoms with Crippen molar-refractivity contribution in [3.05, 3.63) is 46.5 Å². The van der Waals surface area contributed by atoms with E-state index in [1.807, 2.05) is 12.3 Å². The third-order valence-corrected chi connectivity index (χ3v) is 6.85.